The van der Waals surface area contributed by atoms with Crippen LogP contribution in [0, 0.1) is 10.8 Å². The molecule has 0 fully saturated rings. The molecule has 0 spiro atoms. The molecule has 0 amide bonds. The predicted molar refractivity (Wildman–Crippen MR) is 157 cm³/mol. The van der Waals surface area contributed by atoms with Crippen LogP contribution in [0.4, 0.5) is 26.3 Å². The lowest BCUT2D eigenvalue weighted by Crippen LogP contribution is -2.36. The summed E-state index contributed by atoms with van der Waals surface area (Å²) in [6.45, 7) is 7.68. The standard InChI is InChI=1S/C33H38F6O6/c1-6-7-8-9-21-10-13-24(27(14-21)45-33(37,38)39)25-15-22-11-12-23(16-26(22)44-29(25)41)42-19-31(5,18-32(34,35)36)20-43-28(40)17-30(2,3)4/h10-16H,6-9,17-20H2,1-5H3. The fourth-order valence-electron chi connectivity index (χ4n) is 4.73. The number of carbonyl (C=O) groups excluding carboxylic acids is 1. The lowest BCUT2D eigenvalue weighted by atomic mass is 9.88. The van der Waals surface area contributed by atoms with E-state index in [1.807, 2.05) is 6.92 Å². The minimum Gasteiger partial charge on any atom is -0.493 e. The lowest BCUT2D eigenvalue weighted by molar-refractivity contribution is -0.274. The summed E-state index contributed by atoms with van der Waals surface area (Å²) < 4.78 is 100. The van der Waals surface area contributed by atoms with Gasteiger partial charge in [0.25, 0.3) is 0 Å². The van der Waals surface area contributed by atoms with Crippen molar-refractivity contribution in [1.82, 2.24) is 0 Å². The minimum atomic E-state index is -4.99. The fourth-order valence-corrected chi connectivity index (χ4v) is 4.73. The van der Waals surface area contributed by atoms with Crippen LogP contribution in [0.25, 0.3) is 22.1 Å². The average molecular weight is 645 g/mol. The van der Waals surface area contributed by atoms with Crippen LogP contribution < -0.4 is 15.1 Å². The first-order chi connectivity index (χ1) is 20.8. The van der Waals surface area contributed by atoms with Gasteiger partial charge in [0.2, 0.25) is 0 Å². The molecule has 1 unspecified atom stereocenters. The van der Waals surface area contributed by atoms with Crippen molar-refractivity contribution in [1.29, 1.82) is 0 Å². The summed E-state index contributed by atoms with van der Waals surface area (Å²) in [7, 11) is 0. The zero-order valence-corrected chi connectivity index (χ0v) is 25.9. The molecule has 3 rings (SSSR count). The highest BCUT2D eigenvalue weighted by Crippen LogP contribution is 2.37. The molecule has 1 atom stereocenters. The van der Waals surface area contributed by atoms with Crippen molar-refractivity contribution >= 4 is 16.9 Å². The van der Waals surface area contributed by atoms with Gasteiger partial charge in [-0.15, -0.1) is 13.2 Å². The SMILES string of the molecule is CCCCCc1ccc(-c2cc3ccc(OCC(C)(COC(=O)CC(C)(C)C)CC(F)(F)F)cc3oc2=O)c(OC(F)(F)F)c1. The third kappa shape index (κ3) is 11.6. The first kappa shape index (κ1) is 35.8. The number of unbranched alkanes of at least 4 members (excludes halogenated alkanes) is 2. The molecule has 12 heteroatoms. The van der Waals surface area contributed by atoms with E-state index in [1.165, 1.54) is 43.3 Å². The lowest BCUT2D eigenvalue weighted by Gasteiger charge is -2.30. The number of fused-ring (bicyclic) bond motifs is 1. The van der Waals surface area contributed by atoms with Gasteiger partial charge in [0.1, 0.15) is 23.7 Å². The molecule has 0 aliphatic heterocycles. The molecule has 0 bridgehead atoms. The summed E-state index contributed by atoms with van der Waals surface area (Å²) in [6, 6.07) is 9.81. The number of benzene rings is 2. The molecule has 1 heterocycles. The Balaban J connectivity index is 1.86. The van der Waals surface area contributed by atoms with Gasteiger partial charge in [-0.2, -0.15) is 13.2 Å². The number of halogens is 6. The summed E-state index contributed by atoms with van der Waals surface area (Å²) >= 11 is 0. The number of hydrogen-bond donors (Lipinski definition) is 0. The number of carbonyl (C=O) groups is 1. The normalized spacial score (nSPS) is 13.8. The third-order valence-electron chi connectivity index (χ3n) is 6.81. The van der Waals surface area contributed by atoms with E-state index in [9.17, 15) is 35.9 Å². The topological polar surface area (TPSA) is 75.0 Å². The Morgan fingerprint density at radius 1 is 0.867 bits per heavy atom. The van der Waals surface area contributed by atoms with Crippen molar-refractivity contribution in [3.63, 3.8) is 0 Å². The maximum atomic E-state index is 13.4. The van der Waals surface area contributed by atoms with Crippen LogP contribution in [0.15, 0.2) is 51.7 Å². The van der Waals surface area contributed by atoms with Gasteiger partial charge in [0, 0.05) is 22.4 Å². The van der Waals surface area contributed by atoms with Crippen LogP contribution in [-0.2, 0) is 16.0 Å². The third-order valence-corrected chi connectivity index (χ3v) is 6.81. The van der Waals surface area contributed by atoms with E-state index < -0.39 is 60.3 Å². The van der Waals surface area contributed by atoms with Gasteiger partial charge in [-0.25, -0.2) is 4.79 Å². The van der Waals surface area contributed by atoms with Crippen molar-refractivity contribution in [2.75, 3.05) is 13.2 Å². The Morgan fingerprint density at radius 3 is 2.20 bits per heavy atom. The Labute approximate surface area is 257 Å². The summed E-state index contributed by atoms with van der Waals surface area (Å²) in [5, 5.41) is 0.330. The minimum absolute atomic E-state index is 0.00450. The van der Waals surface area contributed by atoms with E-state index >= 15 is 0 Å². The second-order valence-electron chi connectivity index (χ2n) is 12.8. The zero-order valence-electron chi connectivity index (χ0n) is 25.9. The second kappa shape index (κ2) is 14.2. The highest BCUT2D eigenvalue weighted by molar-refractivity contribution is 5.84. The van der Waals surface area contributed by atoms with Gasteiger partial charge in [-0.3, -0.25) is 4.79 Å². The summed E-state index contributed by atoms with van der Waals surface area (Å²) in [5.74, 6) is -1.09. The first-order valence-corrected chi connectivity index (χ1v) is 14.6. The van der Waals surface area contributed by atoms with Gasteiger partial charge in [0.05, 0.1) is 25.0 Å². The Morgan fingerprint density at radius 2 is 1.58 bits per heavy atom. The van der Waals surface area contributed by atoms with Crippen molar-refractivity contribution in [2.24, 2.45) is 10.8 Å². The number of ether oxygens (including phenoxy) is 3. The molecule has 0 radical (unpaired) electrons. The quantitative estimate of drug-likeness (QED) is 0.0799. The molecule has 2 aromatic carbocycles. The van der Waals surface area contributed by atoms with E-state index in [-0.39, 0.29) is 28.9 Å². The van der Waals surface area contributed by atoms with Crippen molar-refractivity contribution in [3.05, 3.63) is 58.4 Å². The molecule has 248 valence electrons. The summed E-state index contributed by atoms with van der Waals surface area (Å²) in [4.78, 5) is 25.1. The van der Waals surface area contributed by atoms with Crippen LogP contribution in [0.2, 0.25) is 0 Å². The molecule has 0 aliphatic rings. The largest absolute Gasteiger partial charge is 0.573 e. The van der Waals surface area contributed by atoms with Crippen LogP contribution in [0.3, 0.4) is 0 Å². The van der Waals surface area contributed by atoms with Crippen molar-refractivity contribution in [2.45, 2.75) is 85.7 Å². The van der Waals surface area contributed by atoms with Crippen molar-refractivity contribution < 1.29 is 49.8 Å². The molecular weight excluding hydrogens is 606 g/mol. The van der Waals surface area contributed by atoms with Gasteiger partial charge in [0.15, 0.2) is 0 Å². The first-order valence-electron chi connectivity index (χ1n) is 14.6. The van der Waals surface area contributed by atoms with E-state index in [1.54, 1.807) is 26.8 Å². The molecule has 45 heavy (non-hydrogen) atoms. The van der Waals surface area contributed by atoms with E-state index in [2.05, 4.69) is 4.74 Å². The maximum absolute atomic E-state index is 13.4. The molecular formula is C33H38F6O6. The van der Waals surface area contributed by atoms with E-state index in [0.29, 0.717) is 17.4 Å². The number of hydrogen-bond acceptors (Lipinski definition) is 6. The second-order valence-corrected chi connectivity index (χ2v) is 12.8. The molecule has 3 aromatic rings. The highest BCUT2D eigenvalue weighted by atomic mass is 19.4. The molecule has 1 aromatic heterocycles. The Hall–Kier alpha value is -3.70. The van der Waals surface area contributed by atoms with Gasteiger partial charge >= 0.3 is 24.1 Å². The van der Waals surface area contributed by atoms with Crippen LogP contribution in [0.5, 0.6) is 11.5 Å². The molecule has 6 nitrogen and oxygen atoms in total. The maximum Gasteiger partial charge on any atom is 0.573 e. The van der Waals surface area contributed by atoms with Gasteiger partial charge in [-0.1, -0.05) is 59.6 Å². The number of esters is 1. The van der Waals surface area contributed by atoms with Crippen molar-refractivity contribution in [3.8, 4) is 22.6 Å². The number of alkyl halides is 6. The van der Waals surface area contributed by atoms with Crippen LogP contribution in [-0.4, -0.2) is 31.7 Å². The zero-order chi connectivity index (χ0) is 33.6. The van der Waals surface area contributed by atoms with E-state index in [0.717, 1.165) is 19.3 Å². The molecule has 0 aliphatic carbocycles. The van der Waals surface area contributed by atoms with Crippen LogP contribution in [0.1, 0.15) is 72.3 Å². The Kier molecular flexibility index (Phi) is 11.3. The average Bonchev–Trinajstić information content (AvgIpc) is 2.88. The monoisotopic (exact) mass is 644 g/mol. The Bertz CT molecular complexity index is 1520. The fraction of sp³-hybridized carbons (Fsp3) is 0.515. The molecule has 0 saturated heterocycles. The number of rotatable bonds is 13. The number of aryl methyl sites for hydroxylation is 1. The smallest absolute Gasteiger partial charge is 0.493 e. The summed E-state index contributed by atoms with van der Waals surface area (Å²) in [5.41, 5.74) is -2.61. The molecule has 0 saturated carbocycles. The van der Waals surface area contributed by atoms with E-state index in [4.69, 9.17) is 13.9 Å². The van der Waals surface area contributed by atoms with Gasteiger partial charge in [-0.05, 0) is 48.1 Å². The van der Waals surface area contributed by atoms with Crippen LogP contribution >= 0.6 is 0 Å². The molecule has 0 N–H and O–H groups in total. The summed E-state index contributed by atoms with van der Waals surface area (Å²) in [6.07, 6.45) is -7.66. The highest BCUT2D eigenvalue weighted by Gasteiger charge is 2.41. The predicted octanol–water partition coefficient (Wildman–Crippen LogP) is 9.41. The van der Waals surface area contributed by atoms with Gasteiger partial charge < -0.3 is 18.6 Å².